The van der Waals surface area contributed by atoms with Crippen molar-refractivity contribution in [1.29, 1.82) is 0 Å². The minimum Gasteiger partial charge on any atom is -0.479 e. The topological polar surface area (TPSA) is 66.4 Å². The van der Waals surface area contributed by atoms with Crippen LogP contribution < -0.4 is 5.32 Å². The molecule has 1 aromatic rings. The van der Waals surface area contributed by atoms with E-state index in [1.807, 2.05) is 11.4 Å². The number of carbonyl (C=O) groups excluding carboxylic acids is 1. The van der Waals surface area contributed by atoms with Gasteiger partial charge in [0.1, 0.15) is 5.54 Å². The standard InChI is InChI=1S/C14H17NO3S2/c16-12(15-14(13(17)18)5-7-19-8-14)10-2-1-3-11-9(10)4-6-20-11/h4,6,10H,1-3,5,7-8H2,(H,15,16)(H,17,18). The number of thiophene rings is 1. The van der Waals surface area contributed by atoms with E-state index in [-0.39, 0.29) is 11.8 Å². The minimum absolute atomic E-state index is 0.116. The maximum atomic E-state index is 12.5. The molecule has 4 nitrogen and oxygen atoms in total. The van der Waals surface area contributed by atoms with E-state index in [0.717, 1.165) is 30.6 Å². The summed E-state index contributed by atoms with van der Waals surface area (Å²) in [5, 5.41) is 14.3. The van der Waals surface area contributed by atoms with E-state index < -0.39 is 11.5 Å². The van der Waals surface area contributed by atoms with Gasteiger partial charge in [-0.15, -0.1) is 11.3 Å². The second-order valence-corrected chi connectivity index (χ2v) is 7.53. The van der Waals surface area contributed by atoms with Crippen molar-refractivity contribution in [1.82, 2.24) is 5.32 Å². The van der Waals surface area contributed by atoms with Crippen molar-refractivity contribution in [2.45, 2.75) is 37.1 Å². The molecule has 2 heterocycles. The van der Waals surface area contributed by atoms with Crippen LogP contribution in [0.4, 0.5) is 0 Å². The molecule has 20 heavy (non-hydrogen) atoms. The number of aryl methyl sites for hydroxylation is 1. The number of amides is 1. The molecule has 2 unspecified atom stereocenters. The Kier molecular flexibility index (Phi) is 3.77. The minimum atomic E-state index is -1.06. The van der Waals surface area contributed by atoms with Gasteiger partial charge in [0.25, 0.3) is 0 Å². The lowest BCUT2D eigenvalue weighted by Gasteiger charge is -2.29. The molecule has 0 saturated carbocycles. The monoisotopic (exact) mass is 311 g/mol. The second-order valence-electron chi connectivity index (χ2n) is 5.42. The van der Waals surface area contributed by atoms with E-state index in [2.05, 4.69) is 5.32 Å². The summed E-state index contributed by atoms with van der Waals surface area (Å²) >= 11 is 3.29. The van der Waals surface area contributed by atoms with Crippen LogP contribution in [0.1, 0.15) is 35.6 Å². The smallest absolute Gasteiger partial charge is 0.330 e. The first kappa shape index (κ1) is 13.9. The zero-order valence-corrected chi connectivity index (χ0v) is 12.7. The zero-order valence-electron chi connectivity index (χ0n) is 11.1. The van der Waals surface area contributed by atoms with Crippen molar-refractivity contribution >= 4 is 35.0 Å². The molecule has 0 bridgehead atoms. The molecule has 0 aromatic carbocycles. The predicted octanol–water partition coefficient (Wildman–Crippen LogP) is 2.24. The van der Waals surface area contributed by atoms with Gasteiger partial charge in [-0.25, -0.2) is 4.79 Å². The SMILES string of the molecule is O=C(NC1(C(=O)O)CCSC1)C1CCCc2sccc21. The average Bonchev–Trinajstić information content (AvgIpc) is 3.06. The fourth-order valence-corrected chi connectivity index (χ4v) is 5.28. The maximum Gasteiger partial charge on any atom is 0.330 e. The Bertz CT molecular complexity index is 534. The number of hydrogen-bond acceptors (Lipinski definition) is 4. The highest BCUT2D eigenvalue weighted by Gasteiger charge is 2.44. The molecular formula is C14H17NO3S2. The van der Waals surface area contributed by atoms with E-state index in [4.69, 9.17) is 0 Å². The van der Waals surface area contributed by atoms with Crippen LogP contribution >= 0.6 is 23.1 Å². The number of rotatable bonds is 3. The Morgan fingerprint density at radius 3 is 3.00 bits per heavy atom. The van der Waals surface area contributed by atoms with Gasteiger partial charge in [0.15, 0.2) is 0 Å². The van der Waals surface area contributed by atoms with Crippen LogP contribution in [0.25, 0.3) is 0 Å². The van der Waals surface area contributed by atoms with Gasteiger partial charge in [-0.1, -0.05) is 0 Å². The Morgan fingerprint density at radius 1 is 1.45 bits per heavy atom. The number of carboxylic acid groups (broad SMARTS) is 1. The lowest BCUT2D eigenvalue weighted by Crippen LogP contribution is -2.56. The number of carbonyl (C=O) groups is 2. The van der Waals surface area contributed by atoms with Crippen LogP contribution in [0, 0.1) is 0 Å². The second kappa shape index (κ2) is 5.41. The van der Waals surface area contributed by atoms with Crippen molar-refractivity contribution in [2.75, 3.05) is 11.5 Å². The Labute approximate surface area is 125 Å². The summed E-state index contributed by atoms with van der Waals surface area (Å²) < 4.78 is 0. The number of nitrogens with one attached hydrogen (secondary N) is 1. The quantitative estimate of drug-likeness (QED) is 0.898. The molecule has 1 aliphatic carbocycles. The summed E-state index contributed by atoms with van der Waals surface area (Å²) in [5.74, 6) is 0.0661. The molecule has 2 atom stereocenters. The van der Waals surface area contributed by atoms with Crippen LogP contribution in [-0.4, -0.2) is 34.0 Å². The highest BCUT2D eigenvalue weighted by atomic mass is 32.2. The van der Waals surface area contributed by atoms with Crippen molar-refractivity contribution < 1.29 is 14.7 Å². The molecule has 1 saturated heterocycles. The van der Waals surface area contributed by atoms with Gasteiger partial charge < -0.3 is 10.4 Å². The molecule has 6 heteroatoms. The molecule has 1 aliphatic heterocycles. The molecule has 1 amide bonds. The fraction of sp³-hybridized carbons (Fsp3) is 0.571. The van der Waals surface area contributed by atoms with Crippen LogP contribution in [0.2, 0.25) is 0 Å². The van der Waals surface area contributed by atoms with E-state index in [0.29, 0.717) is 12.2 Å². The first-order valence-corrected chi connectivity index (χ1v) is 8.85. The summed E-state index contributed by atoms with van der Waals surface area (Å²) in [7, 11) is 0. The van der Waals surface area contributed by atoms with E-state index in [1.165, 1.54) is 4.88 Å². The molecule has 2 aliphatic rings. The summed E-state index contributed by atoms with van der Waals surface area (Å²) in [6, 6.07) is 2.01. The summed E-state index contributed by atoms with van der Waals surface area (Å²) in [6.45, 7) is 0. The first-order valence-electron chi connectivity index (χ1n) is 6.82. The normalized spacial score (nSPS) is 28.9. The van der Waals surface area contributed by atoms with Crippen LogP contribution in [0.5, 0.6) is 0 Å². The summed E-state index contributed by atoms with van der Waals surface area (Å²) in [4.78, 5) is 25.3. The van der Waals surface area contributed by atoms with Gasteiger partial charge in [-0.05, 0) is 48.4 Å². The van der Waals surface area contributed by atoms with E-state index in [9.17, 15) is 14.7 Å². The number of carboxylic acids is 1. The van der Waals surface area contributed by atoms with Gasteiger partial charge in [0.2, 0.25) is 5.91 Å². The Morgan fingerprint density at radius 2 is 2.30 bits per heavy atom. The highest BCUT2D eigenvalue weighted by molar-refractivity contribution is 7.99. The third kappa shape index (κ3) is 2.35. The van der Waals surface area contributed by atoms with Crippen LogP contribution in [0.15, 0.2) is 11.4 Å². The van der Waals surface area contributed by atoms with Gasteiger partial charge in [-0.3, -0.25) is 4.79 Å². The lowest BCUT2D eigenvalue weighted by atomic mass is 9.86. The zero-order chi connectivity index (χ0) is 14.2. The van der Waals surface area contributed by atoms with Crippen molar-refractivity contribution in [3.05, 3.63) is 21.9 Å². The van der Waals surface area contributed by atoms with Gasteiger partial charge in [0, 0.05) is 10.6 Å². The largest absolute Gasteiger partial charge is 0.479 e. The van der Waals surface area contributed by atoms with Crippen molar-refractivity contribution in [2.24, 2.45) is 0 Å². The molecule has 0 spiro atoms. The molecular weight excluding hydrogens is 294 g/mol. The fourth-order valence-electron chi connectivity index (χ4n) is 2.97. The maximum absolute atomic E-state index is 12.5. The number of thioether (sulfide) groups is 1. The Hall–Kier alpha value is -1.01. The Balaban J connectivity index is 1.79. The molecule has 1 aromatic heterocycles. The molecule has 1 fully saturated rings. The summed E-state index contributed by atoms with van der Waals surface area (Å²) in [6.07, 6.45) is 3.37. The number of fused-ring (bicyclic) bond motifs is 1. The molecule has 3 rings (SSSR count). The van der Waals surface area contributed by atoms with Gasteiger partial charge in [-0.2, -0.15) is 11.8 Å². The molecule has 2 N–H and O–H groups in total. The number of aliphatic carboxylic acids is 1. The third-order valence-electron chi connectivity index (χ3n) is 4.16. The predicted molar refractivity (Wildman–Crippen MR) is 80.4 cm³/mol. The molecule has 108 valence electrons. The number of hydrogen-bond donors (Lipinski definition) is 2. The summed E-state index contributed by atoms with van der Waals surface area (Å²) in [5.41, 5.74) is 0.0417. The van der Waals surface area contributed by atoms with Crippen molar-refractivity contribution in [3.63, 3.8) is 0 Å². The lowest BCUT2D eigenvalue weighted by molar-refractivity contribution is -0.146. The average molecular weight is 311 g/mol. The van der Waals surface area contributed by atoms with Crippen molar-refractivity contribution in [3.8, 4) is 0 Å². The van der Waals surface area contributed by atoms with E-state index >= 15 is 0 Å². The van der Waals surface area contributed by atoms with Crippen LogP contribution in [0.3, 0.4) is 0 Å². The first-order chi connectivity index (χ1) is 9.62. The molecule has 0 radical (unpaired) electrons. The van der Waals surface area contributed by atoms with Gasteiger partial charge in [0.05, 0.1) is 5.92 Å². The van der Waals surface area contributed by atoms with Crippen LogP contribution in [-0.2, 0) is 16.0 Å². The highest BCUT2D eigenvalue weighted by Crippen LogP contribution is 2.36. The third-order valence-corrected chi connectivity index (χ3v) is 6.35. The van der Waals surface area contributed by atoms with E-state index in [1.54, 1.807) is 23.1 Å². The van der Waals surface area contributed by atoms with Gasteiger partial charge >= 0.3 is 5.97 Å².